The molecule has 1 aromatic heterocycles. The molecule has 1 atom stereocenters. The van der Waals surface area contributed by atoms with E-state index >= 15 is 0 Å². The summed E-state index contributed by atoms with van der Waals surface area (Å²) in [5.41, 5.74) is 14.6. The fourth-order valence-corrected chi connectivity index (χ4v) is 5.67. The third-order valence-electron chi connectivity index (χ3n) is 5.63. The molecule has 0 aliphatic heterocycles. The first-order valence-corrected chi connectivity index (χ1v) is 13.5. The van der Waals surface area contributed by atoms with Crippen molar-refractivity contribution in [1.29, 1.82) is 5.41 Å². The highest BCUT2D eigenvalue weighted by molar-refractivity contribution is 7.97. The van der Waals surface area contributed by atoms with Crippen molar-refractivity contribution in [1.82, 2.24) is 9.71 Å². The largest absolute Gasteiger partial charge is 0.497 e. The highest BCUT2D eigenvalue weighted by Gasteiger charge is 2.19. The van der Waals surface area contributed by atoms with Gasteiger partial charge in [0.2, 0.25) is 5.91 Å². The quantitative estimate of drug-likeness (QED) is 0.0995. The molecule has 10 heteroatoms. The summed E-state index contributed by atoms with van der Waals surface area (Å²) in [5, 5.41) is 11.7. The van der Waals surface area contributed by atoms with Crippen molar-refractivity contribution in [2.75, 3.05) is 19.0 Å². The molecule has 4 rings (SSSR count). The average Bonchev–Trinajstić information content (AvgIpc) is 3.33. The molecule has 8 nitrogen and oxygen atoms in total. The first-order chi connectivity index (χ1) is 17.9. The number of fused-ring (bicyclic) bond motifs is 1. The lowest BCUT2D eigenvalue weighted by molar-refractivity contribution is -0.116. The topological polar surface area (TPSA) is 139 Å². The summed E-state index contributed by atoms with van der Waals surface area (Å²) in [6, 6.07) is 21.2. The van der Waals surface area contributed by atoms with Gasteiger partial charge in [0.25, 0.3) is 0 Å². The lowest BCUT2D eigenvalue weighted by atomic mass is 10.0. The van der Waals surface area contributed by atoms with E-state index in [4.69, 9.17) is 26.6 Å². The van der Waals surface area contributed by atoms with Gasteiger partial charge in [0.1, 0.15) is 16.6 Å². The molecule has 4 aromatic rings. The van der Waals surface area contributed by atoms with Crippen molar-refractivity contribution >= 4 is 50.9 Å². The summed E-state index contributed by atoms with van der Waals surface area (Å²) in [6.45, 7) is 0.489. The first-order valence-electron chi connectivity index (χ1n) is 11.9. The van der Waals surface area contributed by atoms with Crippen LogP contribution in [-0.2, 0) is 11.2 Å². The first kappa shape index (κ1) is 26.6. The van der Waals surface area contributed by atoms with E-state index in [1.54, 1.807) is 18.4 Å². The van der Waals surface area contributed by atoms with Crippen molar-refractivity contribution in [3.8, 4) is 5.75 Å². The number of nitrogens with one attached hydrogen (secondary N) is 3. The van der Waals surface area contributed by atoms with Crippen LogP contribution in [0.3, 0.4) is 0 Å². The number of benzene rings is 3. The van der Waals surface area contributed by atoms with Gasteiger partial charge in [-0.15, -0.1) is 11.3 Å². The number of rotatable bonds is 12. The van der Waals surface area contributed by atoms with Crippen molar-refractivity contribution in [2.24, 2.45) is 11.5 Å². The van der Waals surface area contributed by atoms with Crippen LogP contribution in [0.4, 0.5) is 5.69 Å². The predicted octanol–water partition coefficient (Wildman–Crippen LogP) is 4.85. The molecule has 0 saturated heterocycles. The molecule has 1 amide bonds. The highest BCUT2D eigenvalue weighted by atomic mass is 32.2. The SMILES string of the molecule is COc1ccc2nc(C(Cc3cccc(C(=N)N)c3)NSc3cccc(NC(=O)CCCN)c3)sc2c1. The number of nitrogens with two attached hydrogens (primary N) is 2. The van der Waals surface area contributed by atoms with E-state index in [-0.39, 0.29) is 17.8 Å². The Morgan fingerprint density at radius 3 is 2.78 bits per heavy atom. The normalized spacial score (nSPS) is 11.8. The number of amidine groups is 1. The minimum atomic E-state index is -0.113. The number of aromatic nitrogens is 1. The third-order valence-corrected chi connectivity index (χ3v) is 7.66. The smallest absolute Gasteiger partial charge is 0.224 e. The van der Waals surface area contributed by atoms with Gasteiger partial charge >= 0.3 is 0 Å². The number of carbonyl (C=O) groups is 1. The Hall–Kier alpha value is -3.44. The predicted molar refractivity (Wildman–Crippen MR) is 152 cm³/mol. The molecule has 0 aliphatic carbocycles. The number of hydrogen-bond acceptors (Lipinski definition) is 8. The minimum Gasteiger partial charge on any atom is -0.497 e. The van der Waals surface area contributed by atoms with E-state index in [1.165, 1.54) is 11.9 Å². The monoisotopic (exact) mass is 534 g/mol. The molecule has 3 aromatic carbocycles. The van der Waals surface area contributed by atoms with Crippen molar-refractivity contribution in [3.05, 3.63) is 82.9 Å². The molecule has 0 fully saturated rings. The molecule has 0 bridgehead atoms. The molecular formula is C27H30N6O2S2. The maximum absolute atomic E-state index is 12.1. The molecule has 0 saturated carbocycles. The standard InChI is InChI=1S/C27H30N6O2S2/c1-35-20-10-11-22-24(16-20)36-27(32-22)23(14-17-5-2-6-18(13-17)26(29)30)33-37-21-8-3-7-19(15-21)31-25(34)9-4-12-28/h2-3,5-8,10-11,13,15-16,23,33H,4,9,12,14,28H2,1H3,(H3,29,30)(H,31,34). The van der Waals surface area contributed by atoms with Gasteiger partial charge in [0.15, 0.2) is 0 Å². The lowest BCUT2D eigenvalue weighted by Crippen LogP contribution is -2.18. The minimum absolute atomic E-state index is 0.0399. The van der Waals surface area contributed by atoms with Crippen LogP contribution in [0.5, 0.6) is 5.75 Å². The Bertz CT molecular complexity index is 1390. The van der Waals surface area contributed by atoms with E-state index in [0.29, 0.717) is 31.4 Å². The summed E-state index contributed by atoms with van der Waals surface area (Å²) >= 11 is 3.10. The number of nitrogens with zero attached hydrogens (tertiary/aromatic N) is 1. The number of nitrogen functional groups attached to an aromatic ring is 1. The van der Waals surface area contributed by atoms with E-state index in [2.05, 4.69) is 10.0 Å². The summed E-state index contributed by atoms with van der Waals surface area (Å²) in [5.74, 6) is 0.785. The molecule has 0 radical (unpaired) electrons. The second-order valence-electron chi connectivity index (χ2n) is 8.44. The Morgan fingerprint density at radius 1 is 1.16 bits per heavy atom. The highest BCUT2D eigenvalue weighted by Crippen LogP contribution is 2.33. The van der Waals surface area contributed by atoms with Gasteiger partial charge in [-0.1, -0.05) is 24.3 Å². The number of thiazole rings is 1. The summed E-state index contributed by atoms with van der Waals surface area (Å²) in [4.78, 5) is 18.0. The molecule has 192 valence electrons. The molecule has 7 N–H and O–H groups in total. The Kier molecular flexibility index (Phi) is 9.13. The van der Waals surface area contributed by atoms with Crippen LogP contribution in [0.25, 0.3) is 10.2 Å². The molecule has 0 aliphatic rings. The maximum Gasteiger partial charge on any atom is 0.224 e. The van der Waals surface area contributed by atoms with E-state index < -0.39 is 0 Å². The van der Waals surface area contributed by atoms with Gasteiger partial charge in [-0.05, 0) is 79.4 Å². The third kappa shape index (κ3) is 7.30. The summed E-state index contributed by atoms with van der Waals surface area (Å²) in [7, 11) is 1.65. The van der Waals surface area contributed by atoms with Gasteiger partial charge in [0, 0.05) is 22.6 Å². The molecule has 1 unspecified atom stereocenters. The summed E-state index contributed by atoms with van der Waals surface area (Å²) in [6.07, 6.45) is 1.71. The van der Waals surface area contributed by atoms with Crippen LogP contribution < -0.4 is 26.2 Å². The number of carbonyl (C=O) groups excluding carboxylic acids is 1. The average molecular weight is 535 g/mol. The molecule has 0 spiro atoms. The van der Waals surface area contributed by atoms with E-state index in [1.807, 2.05) is 66.7 Å². The zero-order chi connectivity index (χ0) is 26.2. The molecule has 37 heavy (non-hydrogen) atoms. The molecule has 1 heterocycles. The van der Waals surface area contributed by atoms with Crippen molar-refractivity contribution in [3.63, 3.8) is 0 Å². The second kappa shape index (κ2) is 12.7. The number of anilines is 1. The zero-order valence-electron chi connectivity index (χ0n) is 20.5. The second-order valence-corrected chi connectivity index (χ2v) is 10.4. The van der Waals surface area contributed by atoms with Gasteiger partial charge in [-0.25, -0.2) is 9.71 Å². The number of ether oxygens (including phenoxy) is 1. The van der Waals surface area contributed by atoms with Crippen LogP contribution in [0, 0.1) is 5.41 Å². The van der Waals surface area contributed by atoms with Crippen LogP contribution in [0.1, 0.15) is 35.0 Å². The van der Waals surface area contributed by atoms with Crippen LogP contribution in [-0.4, -0.2) is 30.4 Å². The van der Waals surface area contributed by atoms with Crippen LogP contribution >= 0.6 is 23.3 Å². The van der Waals surface area contributed by atoms with Crippen molar-refractivity contribution < 1.29 is 9.53 Å². The Labute approximate surface area is 224 Å². The van der Waals surface area contributed by atoms with Crippen LogP contribution in [0.15, 0.2) is 71.6 Å². The van der Waals surface area contributed by atoms with Crippen molar-refractivity contribution in [2.45, 2.75) is 30.2 Å². The zero-order valence-corrected chi connectivity index (χ0v) is 22.1. The number of hydrogen-bond donors (Lipinski definition) is 5. The van der Waals surface area contributed by atoms with Crippen LogP contribution in [0.2, 0.25) is 0 Å². The number of methoxy groups -OCH3 is 1. The Morgan fingerprint density at radius 2 is 2.00 bits per heavy atom. The lowest BCUT2D eigenvalue weighted by Gasteiger charge is -2.17. The fraction of sp³-hybridized carbons (Fsp3) is 0.222. The van der Waals surface area contributed by atoms with Gasteiger partial charge in [-0.3, -0.25) is 10.2 Å². The van der Waals surface area contributed by atoms with Gasteiger partial charge < -0.3 is 21.5 Å². The maximum atomic E-state index is 12.1. The summed E-state index contributed by atoms with van der Waals surface area (Å²) < 4.78 is 10.0. The van der Waals surface area contributed by atoms with E-state index in [9.17, 15) is 4.79 Å². The molecular weight excluding hydrogens is 504 g/mol. The van der Waals surface area contributed by atoms with Gasteiger partial charge in [0.05, 0.1) is 23.4 Å². The van der Waals surface area contributed by atoms with Gasteiger partial charge in [-0.2, -0.15) is 0 Å². The fourth-order valence-electron chi connectivity index (χ4n) is 3.74. The van der Waals surface area contributed by atoms with E-state index in [0.717, 1.165) is 37.1 Å². The number of amides is 1. The Balaban J connectivity index is 1.56.